The van der Waals surface area contributed by atoms with E-state index < -0.39 is 17.2 Å². The molecule has 1 aliphatic carbocycles. The van der Waals surface area contributed by atoms with E-state index in [2.05, 4.69) is 98.4 Å². The number of hydrogen-bond donors (Lipinski definition) is 2. The Morgan fingerprint density at radius 3 is 2.50 bits per heavy atom. The molecule has 0 radical (unpaired) electrons. The van der Waals surface area contributed by atoms with Crippen LogP contribution in [0, 0.1) is 23.1 Å². The largest absolute Gasteiger partial charge is 0.477 e. The molecule has 7 nitrogen and oxygen atoms in total. The average Bonchev–Trinajstić information content (AvgIpc) is 3.87. The number of pyridine rings is 1. The fourth-order valence-electron chi connectivity index (χ4n) is 5.65. The van der Waals surface area contributed by atoms with Crippen LogP contribution >= 0.6 is 0 Å². The van der Waals surface area contributed by atoms with E-state index in [9.17, 15) is 19.1 Å². The molecule has 46 heavy (non-hydrogen) atoms. The standard InChI is InChI=1S/C21H25N.C17H18FN3O3/c1-21(2,3)15-8-5-9-16-22(4)17-19-13-10-12-18-11-6-7-14-20(18)19;18-13-7-11-14(8-15(13)20-5-3-19-4-6-20)21(10-1-2-10)9-12(16(11)22)17(23)24/h5-7,9-14H,16-17H2,1-4H3;7-10,19H,1-6H2,(H,23,24)/b9-5+;. The number of aromatic carboxylic acids is 1. The predicted octanol–water partition coefficient (Wildman–Crippen LogP) is 6.46. The van der Waals surface area contributed by atoms with Gasteiger partial charge in [-0.2, -0.15) is 0 Å². The number of nitrogens with zero attached hydrogens (tertiary/aromatic N) is 3. The Labute approximate surface area is 270 Å². The van der Waals surface area contributed by atoms with Crippen LogP contribution in [0.2, 0.25) is 0 Å². The zero-order valence-corrected chi connectivity index (χ0v) is 27.1. The van der Waals surface area contributed by atoms with Gasteiger partial charge in [0.15, 0.2) is 0 Å². The number of likely N-dealkylation sites (N-methyl/N-ethyl adjacent to an activating group) is 1. The Morgan fingerprint density at radius 1 is 1.09 bits per heavy atom. The van der Waals surface area contributed by atoms with Gasteiger partial charge in [0, 0.05) is 62.3 Å². The first-order valence-electron chi connectivity index (χ1n) is 15.9. The molecule has 0 spiro atoms. The molecular weight excluding hydrogens is 579 g/mol. The van der Waals surface area contributed by atoms with Gasteiger partial charge in [-0.25, -0.2) is 9.18 Å². The van der Waals surface area contributed by atoms with Gasteiger partial charge >= 0.3 is 5.97 Å². The van der Waals surface area contributed by atoms with Crippen LogP contribution in [0.25, 0.3) is 21.7 Å². The molecular formula is C38H43FN4O3. The normalized spacial score (nSPS) is 15.1. The van der Waals surface area contributed by atoms with Crippen LogP contribution in [-0.4, -0.2) is 60.3 Å². The van der Waals surface area contributed by atoms with E-state index >= 15 is 0 Å². The smallest absolute Gasteiger partial charge is 0.341 e. The summed E-state index contributed by atoms with van der Waals surface area (Å²) in [4.78, 5) is 28.0. The monoisotopic (exact) mass is 622 g/mol. The van der Waals surface area contributed by atoms with Crippen LogP contribution in [0.15, 0.2) is 77.7 Å². The molecule has 0 unspecified atom stereocenters. The van der Waals surface area contributed by atoms with Crippen molar-refractivity contribution >= 4 is 33.3 Å². The van der Waals surface area contributed by atoms with E-state index in [0.717, 1.165) is 39.0 Å². The second kappa shape index (κ2) is 14.3. The minimum atomic E-state index is -1.28. The second-order valence-electron chi connectivity index (χ2n) is 13.1. The summed E-state index contributed by atoms with van der Waals surface area (Å²) in [6.07, 6.45) is 7.38. The van der Waals surface area contributed by atoms with Crippen molar-refractivity contribution in [2.24, 2.45) is 5.41 Å². The average molecular weight is 623 g/mol. The maximum absolute atomic E-state index is 14.6. The highest BCUT2D eigenvalue weighted by Gasteiger charge is 2.28. The summed E-state index contributed by atoms with van der Waals surface area (Å²) in [6, 6.07) is 18.2. The third-order valence-corrected chi connectivity index (χ3v) is 8.11. The number of carboxylic acid groups (broad SMARTS) is 1. The Bertz CT molecular complexity index is 1860. The van der Waals surface area contributed by atoms with Gasteiger partial charge in [0.2, 0.25) is 5.43 Å². The van der Waals surface area contributed by atoms with Gasteiger partial charge in [0.25, 0.3) is 0 Å². The number of hydrogen-bond acceptors (Lipinski definition) is 5. The summed E-state index contributed by atoms with van der Waals surface area (Å²) in [6.45, 7) is 11.2. The Morgan fingerprint density at radius 2 is 1.80 bits per heavy atom. The highest BCUT2D eigenvalue weighted by atomic mass is 19.1. The predicted molar refractivity (Wildman–Crippen MR) is 185 cm³/mol. The van der Waals surface area contributed by atoms with Crippen molar-refractivity contribution in [3.63, 3.8) is 0 Å². The lowest BCUT2D eigenvalue weighted by Crippen LogP contribution is -2.43. The molecule has 2 heterocycles. The molecule has 2 aliphatic rings. The minimum Gasteiger partial charge on any atom is -0.477 e. The van der Waals surface area contributed by atoms with Crippen molar-refractivity contribution in [2.45, 2.75) is 46.2 Å². The van der Waals surface area contributed by atoms with Gasteiger partial charge in [-0.15, -0.1) is 0 Å². The second-order valence-corrected chi connectivity index (χ2v) is 13.1. The third-order valence-electron chi connectivity index (χ3n) is 8.11. The minimum absolute atomic E-state index is 0.0686. The summed E-state index contributed by atoms with van der Waals surface area (Å²) in [5.41, 5.74) is 1.60. The topological polar surface area (TPSA) is 77.8 Å². The van der Waals surface area contributed by atoms with Crippen LogP contribution in [0.1, 0.15) is 55.6 Å². The zero-order chi connectivity index (χ0) is 32.8. The molecule has 1 saturated carbocycles. The lowest BCUT2D eigenvalue weighted by atomic mass is 9.98. The lowest BCUT2D eigenvalue weighted by molar-refractivity contribution is 0.0695. The Hall–Kier alpha value is -4.45. The summed E-state index contributed by atoms with van der Waals surface area (Å²) >= 11 is 0. The van der Waals surface area contributed by atoms with E-state index in [1.807, 2.05) is 15.5 Å². The van der Waals surface area contributed by atoms with Gasteiger partial charge in [-0.1, -0.05) is 60.4 Å². The number of carbonyl (C=O) groups is 1. The molecule has 1 aromatic heterocycles. The number of halogens is 1. The first-order valence-corrected chi connectivity index (χ1v) is 15.9. The number of allylic oxidation sites excluding steroid dienone is 1. The fourth-order valence-corrected chi connectivity index (χ4v) is 5.65. The molecule has 0 amide bonds. The van der Waals surface area contributed by atoms with E-state index in [-0.39, 0.29) is 22.4 Å². The summed E-state index contributed by atoms with van der Waals surface area (Å²) in [5, 5.41) is 15.3. The molecule has 2 fully saturated rings. The first-order chi connectivity index (χ1) is 22.0. The van der Waals surface area contributed by atoms with Gasteiger partial charge in [0.05, 0.1) is 11.2 Å². The first kappa shape index (κ1) is 32.9. The quantitative estimate of drug-likeness (QED) is 0.231. The van der Waals surface area contributed by atoms with Crippen LogP contribution < -0.4 is 15.6 Å². The number of benzene rings is 3. The number of aromatic nitrogens is 1. The summed E-state index contributed by atoms with van der Waals surface area (Å²) in [5.74, 6) is 4.58. The van der Waals surface area contributed by atoms with Crippen molar-refractivity contribution in [1.29, 1.82) is 0 Å². The SMILES string of the molecule is CN(C/C=C/C#CC(C)(C)C)Cc1cccc2ccccc12.O=C(O)c1cn(C2CC2)c2cc(N3CCNCC3)c(F)cc2c1=O. The number of piperazine rings is 1. The molecule has 1 aliphatic heterocycles. The van der Waals surface area contributed by atoms with E-state index in [1.54, 1.807) is 6.07 Å². The number of anilines is 1. The molecule has 2 N–H and O–H groups in total. The van der Waals surface area contributed by atoms with E-state index in [0.29, 0.717) is 24.3 Å². The fraction of sp³-hybridized carbons (Fsp3) is 0.368. The number of nitrogens with one attached hydrogen (secondary N) is 1. The summed E-state index contributed by atoms with van der Waals surface area (Å²) in [7, 11) is 2.14. The van der Waals surface area contributed by atoms with Crippen molar-refractivity contribution < 1.29 is 14.3 Å². The molecule has 3 aromatic carbocycles. The third kappa shape index (κ3) is 8.22. The highest BCUT2D eigenvalue weighted by molar-refractivity contribution is 5.93. The Kier molecular flexibility index (Phi) is 10.3. The summed E-state index contributed by atoms with van der Waals surface area (Å²) < 4.78 is 16.4. The lowest BCUT2D eigenvalue weighted by Gasteiger charge is -2.30. The van der Waals surface area contributed by atoms with Crippen LogP contribution in [0.5, 0.6) is 0 Å². The van der Waals surface area contributed by atoms with Gasteiger partial charge in [0.1, 0.15) is 11.4 Å². The van der Waals surface area contributed by atoms with Crippen LogP contribution in [-0.2, 0) is 6.54 Å². The van der Waals surface area contributed by atoms with Crippen molar-refractivity contribution in [3.05, 3.63) is 100 Å². The maximum atomic E-state index is 14.6. The van der Waals surface area contributed by atoms with Crippen molar-refractivity contribution in [3.8, 4) is 11.8 Å². The molecule has 0 bridgehead atoms. The molecule has 1 saturated heterocycles. The number of rotatable bonds is 7. The molecule has 6 rings (SSSR count). The zero-order valence-electron chi connectivity index (χ0n) is 27.1. The van der Waals surface area contributed by atoms with Gasteiger partial charge < -0.3 is 19.9 Å². The highest BCUT2D eigenvalue weighted by Crippen LogP contribution is 2.38. The van der Waals surface area contributed by atoms with Crippen LogP contribution in [0.3, 0.4) is 0 Å². The molecule has 4 aromatic rings. The maximum Gasteiger partial charge on any atom is 0.341 e. The number of fused-ring (bicyclic) bond motifs is 2. The van der Waals surface area contributed by atoms with E-state index in [4.69, 9.17) is 0 Å². The van der Waals surface area contributed by atoms with Gasteiger partial charge in [-0.05, 0) is 75.2 Å². The van der Waals surface area contributed by atoms with Crippen molar-refractivity contribution in [1.82, 2.24) is 14.8 Å². The Balaban J connectivity index is 0.000000182. The molecule has 0 atom stereocenters. The van der Waals surface area contributed by atoms with Gasteiger partial charge in [-0.3, -0.25) is 9.69 Å². The van der Waals surface area contributed by atoms with E-state index in [1.165, 1.54) is 28.6 Å². The number of carboxylic acids is 1. The molecule has 8 heteroatoms. The van der Waals surface area contributed by atoms with Crippen molar-refractivity contribution in [2.75, 3.05) is 44.7 Å². The molecule has 240 valence electrons. The van der Waals surface area contributed by atoms with Crippen LogP contribution in [0.4, 0.5) is 10.1 Å².